The summed E-state index contributed by atoms with van der Waals surface area (Å²) in [5.74, 6) is -0.190. The van der Waals surface area contributed by atoms with Crippen molar-refractivity contribution >= 4 is 5.97 Å². The predicted molar refractivity (Wildman–Crippen MR) is 55.0 cm³/mol. The minimum absolute atomic E-state index is 0.190. The maximum atomic E-state index is 10.9. The molecule has 2 N–H and O–H groups in total. The molecular formula is C10H21NO3. The molecule has 0 aromatic heterocycles. The van der Waals surface area contributed by atoms with Gasteiger partial charge in [-0.05, 0) is 13.3 Å². The second kappa shape index (κ2) is 8.97. The number of hydrogen-bond acceptors (Lipinski definition) is 4. The van der Waals surface area contributed by atoms with E-state index in [0.717, 1.165) is 12.8 Å². The van der Waals surface area contributed by atoms with E-state index in [1.54, 1.807) is 6.92 Å². The van der Waals surface area contributed by atoms with Gasteiger partial charge in [-0.15, -0.1) is 0 Å². The van der Waals surface area contributed by atoms with Crippen molar-refractivity contribution in [2.75, 3.05) is 19.7 Å². The van der Waals surface area contributed by atoms with Gasteiger partial charge in [-0.3, -0.25) is 4.79 Å². The number of aliphatic hydroxyl groups excluding tert-OH is 1. The number of ether oxygens (including phenoxy) is 1. The summed E-state index contributed by atoms with van der Waals surface area (Å²) in [6.07, 6.45) is 1.84. The third-order valence-corrected chi connectivity index (χ3v) is 1.81. The Bertz CT molecular complexity index is 150. The summed E-state index contributed by atoms with van der Waals surface area (Å²) in [6.45, 7) is 5.36. The summed E-state index contributed by atoms with van der Waals surface area (Å²) < 4.78 is 4.75. The molecule has 0 aromatic carbocycles. The molecule has 0 spiro atoms. The van der Waals surface area contributed by atoms with Gasteiger partial charge >= 0.3 is 5.97 Å². The number of rotatable bonds is 8. The highest BCUT2D eigenvalue weighted by atomic mass is 16.5. The van der Waals surface area contributed by atoms with Gasteiger partial charge in [-0.25, -0.2) is 0 Å². The van der Waals surface area contributed by atoms with E-state index in [1.807, 2.05) is 6.92 Å². The van der Waals surface area contributed by atoms with Crippen LogP contribution < -0.4 is 5.32 Å². The molecule has 0 rings (SSSR count). The van der Waals surface area contributed by atoms with Crippen LogP contribution in [-0.4, -0.2) is 36.9 Å². The molecule has 0 heterocycles. The Morgan fingerprint density at radius 3 is 2.79 bits per heavy atom. The fourth-order valence-electron chi connectivity index (χ4n) is 1.13. The van der Waals surface area contributed by atoms with Crippen LogP contribution in [0.3, 0.4) is 0 Å². The minimum Gasteiger partial charge on any atom is -0.466 e. The van der Waals surface area contributed by atoms with Crippen LogP contribution in [0, 0.1) is 0 Å². The van der Waals surface area contributed by atoms with Gasteiger partial charge in [0.15, 0.2) is 0 Å². The lowest BCUT2D eigenvalue weighted by atomic mass is 10.2. The summed E-state index contributed by atoms with van der Waals surface area (Å²) in [6, 6.07) is 0. The van der Waals surface area contributed by atoms with Crippen molar-refractivity contribution in [1.82, 2.24) is 5.32 Å². The lowest BCUT2D eigenvalue weighted by molar-refractivity contribution is -0.143. The summed E-state index contributed by atoms with van der Waals surface area (Å²) >= 11 is 0. The average Bonchev–Trinajstić information content (AvgIpc) is 2.13. The first kappa shape index (κ1) is 13.4. The van der Waals surface area contributed by atoms with E-state index in [-0.39, 0.29) is 12.1 Å². The highest BCUT2D eigenvalue weighted by Crippen LogP contribution is 1.93. The first-order valence-electron chi connectivity index (χ1n) is 5.25. The fraction of sp³-hybridized carbons (Fsp3) is 0.900. The molecule has 0 saturated heterocycles. The van der Waals surface area contributed by atoms with Crippen LogP contribution in [0.1, 0.15) is 33.1 Å². The van der Waals surface area contributed by atoms with E-state index in [9.17, 15) is 9.90 Å². The molecule has 4 nitrogen and oxygen atoms in total. The number of nitrogens with one attached hydrogen (secondary N) is 1. The first-order valence-corrected chi connectivity index (χ1v) is 5.25. The molecule has 1 unspecified atom stereocenters. The average molecular weight is 203 g/mol. The van der Waals surface area contributed by atoms with Crippen molar-refractivity contribution in [2.24, 2.45) is 0 Å². The topological polar surface area (TPSA) is 58.6 Å². The molecule has 0 aliphatic carbocycles. The monoisotopic (exact) mass is 203 g/mol. The van der Waals surface area contributed by atoms with Gasteiger partial charge in [0.2, 0.25) is 0 Å². The van der Waals surface area contributed by atoms with Gasteiger partial charge < -0.3 is 15.2 Å². The Hall–Kier alpha value is -0.610. The van der Waals surface area contributed by atoms with Crippen molar-refractivity contribution < 1.29 is 14.6 Å². The van der Waals surface area contributed by atoms with E-state index < -0.39 is 0 Å². The first-order chi connectivity index (χ1) is 6.70. The Labute approximate surface area is 85.6 Å². The van der Waals surface area contributed by atoms with Crippen LogP contribution in [0.2, 0.25) is 0 Å². The van der Waals surface area contributed by atoms with Crippen molar-refractivity contribution in [3.8, 4) is 0 Å². The molecule has 0 aliphatic heterocycles. The molecule has 84 valence electrons. The molecule has 0 bridgehead atoms. The molecule has 0 aliphatic rings. The quantitative estimate of drug-likeness (QED) is 0.450. The predicted octanol–water partition coefficient (Wildman–Crippen LogP) is 0.690. The Balaban J connectivity index is 3.24. The molecule has 1 atom stereocenters. The van der Waals surface area contributed by atoms with E-state index in [2.05, 4.69) is 5.32 Å². The third-order valence-electron chi connectivity index (χ3n) is 1.81. The van der Waals surface area contributed by atoms with Crippen LogP contribution in [0.5, 0.6) is 0 Å². The van der Waals surface area contributed by atoms with E-state index >= 15 is 0 Å². The highest BCUT2D eigenvalue weighted by Gasteiger charge is 2.03. The Kier molecular flexibility index (Phi) is 8.57. The van der Waals surface area contributed by atoms with Crippen LogP contribution in [0.4, 0.5) is 0 Å². The van der Waals surface area contributed by atoms with Gasteiger partial charge in [0.1, 0.15) is 0 Å². The molecule has 4 heteroatoms. The van der Waals surface area contributed by atoms with Crippen molar-refractivity contribution in [2.45, 2.75) is 39.2 Å². The van der Waals surface area contributed by atoms with Gasteiger partial charge in [-0.2, -0.15) is 0 Å². The van der Waals surface area contributed by atoms with Crippen molar-refractivity contribution in [3.63, 3.8) is 0 Å². The maximum absolute atomic E-state index is 10.9. The number of esters is 1. The van der Waals surface area contributed by atoms with Crippen LogP contribution in [0.25, 0.3) is 0 Å². The second-order valence-corrected chi connectivity index (χ2v) is 3.20. The summed E-state index contributed by atoms with van der Waals surface area (Å²) in [7, 11) is 0. The largest absolute Gasteiger partial charge is 0.466 e. The van der Waals surface area contributed by atoms with Crippen molar-refractivity contribution in [3.05, 3.63) is 0 Å². The van der Waals surface area contributed by atoms with Crippen LogP contribution in [-0.2, 0) is 9.53 Å². The zero-order valence-electron chi connectivity index (χ0n) is 9.08. The van der Waals surface area contributed by atoms with Crippen molar-refractivity contribution in [1.29, 1.82) is 0 Å². The molecular weight excluding hydrogens is 182 g/mol. The SMILES string of the molecule is CCCC(O)CNCCC(=O)OCC. The standard InChI is InChI=1S/C10H21NO3/c1-3-5-9(12)8-11-7-6-10(13)14-4-2/h9,11-12H,3-8H2,1-2H3. The van der Waals surface area contributed by atoms with Gasteiger partial charge in [0.05, 0.1) is 19.1 Å². The zero-order chi connectivity index (χ0) is 10.8. The number of aliphatic hydroxyl groups is 1. The summed E-state index contributed by atoms with van der Waals surface area (Å²) in [5.41, 5.74) is 0. The number of carbonyl (C=O) groups excluding carboxylic acids is 1. The second-order valence-electron chi connectivity index (χ2n) is 3.20. The highest BCUT2D eigenvalue weighted by molar-refractivity contribution is 5.69. The molecule has 0 amide bonds. The van der Waals surface area contributed by atoms with E-state index in [1.165, 1.54) is 0 Å². The molecule has 0 radical (unpaired) electrons. The fourth-order valence-corrected chi connectivity index (χ4v) is 1.13. The smallest absolute Gasteiger partial charge is 0.307 e. The van der Waals surface area contributed by atoms with Gasteiger partial charge in [0, 0.05) is 13.1 Å². The summed E-state index contributed by atoms with van der Waals surface area (Å²) in [5, 5.41) is 12.3. The summed E-state index contributed by atoms with van der Waals surface area (Å²) in [4.78, 5) is 10.9. The molecule has 0 aromatic rings. The molecule has 14 heavy (non-hydrogen) atoms. The Morgan fingerprint density at radius 1 is 1.50 bits per heavy atom. The van der Waals surface area contributed by atoms with E-state index in [4.69, 9.17) is 4.74 Å². The molecule has 0 fully saturated rings. The van der Waals surface area contributed by atoms with E-state index in [0.29, 0.717) is 26.1 Å². The third kappa shape index (κ3) is 8.01. The molecule has 0 saturated carbocycles. The number of carbonyl (C=O) groups is 1. The van der Waals surface area contributed by atoms with Gasteiger partial charge in [-0.1, -0.05) is 13.3 Å². The van der Waals surface area contributed by atoms with Crippen LogP contribution in [0.15, 0.2) is 0 Å². The van der Waals surface area contributed by atoms with Crippen LogP contribution >= 0.6 is 0 Å². The lowest BCUT2D eigenvalue weighted by Gasteiger charge is -2.09. The normalized spacial score (nSPS) is 12.5. The lowest BCUT2D eigenvalue weighted by Crippen LogP contribution is -2.28. The Morgan fingerprint density at radius 2 is 2.21 bits per heavy atom. The van der Waals surface area contributed by atoms with Gasteiger partial charge in [0.25, 0.3) is 0 Å². The number of hydrogen-bond donors (Lipinski definition) is 2. The maximum Gasteiger partial charge on any atom is 0.307 e. The minimum atomic E-state index is -0.304. The zero-order valence-corrected chi connectivity index (χ0v) is 9.08.